The van der Waals surface area contributed by atoms with E-state index in [4.69, 9.17) is 25.7 Å². The van der Waals surface area contributed by atoms with E-state index < -0.39 is 0 Å². The number of hydrogen-bond acceptors (Lipinski definition) is 7. The zero-order valence-corrected chi connectivity index (χ0v) is 15.7. The standard InChI is InChI=1S/C19H23N5O3/c1-8(2)11-5-12-9(3)16(18-25-10(4)26-18)23-13(12)6-14(11)27-15-7-22-19(21)24-17(15)20/h5-8,10,18,23H,1-4H3,(H4,20,21,22,24). The van der Waals surface area contributed by atoms with Crippen molar-refractivity contribution in [3.05, 3.63) is 35.2 Å². The van der Waals surface area contributed by atoms with Crippen LogP contribution >= 0.6 is 0 Å². The van der Waals surface area contributed by atoms with Crippen LogP contribution in [-0.2, 0) is 9.47 Å². The molecule has 4 rings (SSSR count). The first-order chi connectivity index (χ1) is 12.8. The Morgan fingerprint density at radius 2 is 1.93 bits per heavy atom. The number of nitrogens with two attached hydrogens (primary N) is 2. The van der Waals surface area contributed by atoms with Crippen LogP contribution < -0.4 is 16.2 Å². The molecule has 0 aliphatic carbocycles. The molecular formula is C19H23N5O3. The van der Waals surface area contributed by atoms with Crippen LogP contribution in [0.5, 0.6) is 11.5 Å². The molecule has 2 aromatic heterocycles. The third-order valence-corrected chi connectivity index (χ3v) is 4.74. The number of nitrogens with zero attached hydrogens (tertiary/aromatic N) is 2. The highest BCUT2D eigenvalue weighted by atomic mass is 16.9. The predicted octanol–water partition coefficient (Wildman–Crippen LogP) is 3.74. The molecule has 0 atom stereocenters. The summed E-state index contributed by atoms with van der Waals surface area (Å²) in [4.78, 5) is 11.3. The Bertz CT molecular complexity index is 1010. The van der Waals surface area contributed by atoms with Crippen molar-refractivity contribution in [1.82, 2.24) is 15.0 Å². The number of fused-ring (bicyclic) bond motifs is 1. The van der Waals surface area contributed by atoms with Crippen molar-refractivity contribution in [3.8, 4) is 11.5 Å². The quantitative estimate of drug-likeness (QED) is 0.640. The maximum Gasteiger partial charge on any atom is 0.222 e. The maximum atomic E-state index is 6.04. The highest BCUT2D eigenvalue weighted by molar-refractivity contribution is 5.87. The van der Waals surface area contributed by atoms with Crippen LogP contribution in [-0.4, -0.2) is 21.2 Å². The molecule has 1 aliphatic rings. The third kappa shape index (κ3) is 3.07. The van der Waals surface area contributed by atoms with Gasteiger partial charge >= 0.3 is 0 Å². The van der Waals surface area contributed by atoms with Crippen molar-refractivity contribution in [1.29, 1.82) is 0 Å². The van der Waals surface area contributed by atoms with Crippen LogP contribution in [0, 0.1) is 6.92 Å². The first kappa shape index (κ1) is 17.6. The van der Waals surface area contributed by atoms with Gasteiger partial charge in [-0.3, -0.25) is 0 Å². The van der Waals surface area contributed by atoms with Gasteiger partial charge in [0.1, 0.15) is 5.75 Å². The van der Waals surface area contributed by atoms with Crippen molar-refractivity contribution in [3.63, 3.8) is 0 Å². The molecule has 1 aliphatic heterocycles. The fourth-order valence-corrected chi connectivity index (χ4v) is 3.26. The summed E-state index contributed by atoms with van der Waals surface area (Å²) in [5, 5.41) is 1.11. The molecule has 3 heterocycles. The number of nitrogen functional groups attached to an aromatic ring is 2. The minimum Gasteiger partial charge on any atom is -0.451 e. The van der Waals surface area contributed by atoms with Crippen LogP contribution in [0.2, 0.25) is 0 Å². The van der Waals surface area contributed by atoms with Crippen molar-refractivity contribution in [2.45, 2.75) is 46.2 Å². The number of aryl methyl sites for hydroxylation is 1. The number of benzene rings is 1. The van der Waals surface area contributed by atoms with E-state index in [1.165, 1.54) is 6.20 Å². The van der Waals surface area contributed by atoms with Gasteiger partial charge in [0.05, 0.1) is 11.9 Å². The number of aromatic nitrogens is 3. The van der Waals surface area contributed by atoms with E-state index in [1.54, 1.807) is 0 Å². The summed E-state index contributed by atoms with van der Waals surface area (Å²) in [6, 6.07) is 4.08. The summed E-state index contributed by atoms with van der Waals surface area (Å²) < 4.78 is 17.3. The van der Waals surface area contributed by atoms with Gasteiger partial charge in [-0.2, -0.15) is 4.98 Å². The number of H-pyrrole nitrogens is 1. The zero-order chi connectivity index (χ0) is 19.3. The van der Waals surface area contributed by atoms with Gasteiger partial charge in [0.2, 0.25) is 12.2 Å². The van der Waals surface area contributed by atoms with E-state index in [9.17, 15) is 0 Å². The van der Waals surface area contributed by atoms with Gasteiger partial charge in [-0.25, -0.2) is 4.98 Å². The topological polar surface area (TPSA) is 121 Å². The monoisotopic (exact) mass is 369 g/mol. The summed E-state index contributed by atoms with van der Waals surface area (Å²) in [7, 11) is 0. The Labute approximate surface area is 156 Å². The van der Waals surface area contributed by atoms with Crippen molar-refractivity contribution < 1.29 is 14.2 Å². The minimum absolute atomic E-state index is 0.110. The van der Waals surface area contributed by atoms with Crippen molar-refractivity contribution >= 4 is 22.7 Å². The summed E-state index contributed by atoms with van der Waals surface area (Å²) >= 11 is 0. The van der Waals surface area contributed by atoms with Crippen LogP contribution in [0.3, 0.4) is 0 Å². The lowest BCUT2D eigenvalue weighted by molar-refractivity contribution is -0.383. The van der Waals surface area contributed by atoms with Gasteiger partial charge in [0.15, 0.2) is 17.9 Å². The van der Waals surface area contributed by atoms with Gasteiger partial charge in [0.25, 0.3) is 0 Å². The Kier molecular flexibility index (Phi) is 4.16. The molecule has 8 nitrogen and oxygen atoms in total. The molecule has 142 valence electrons. The van der Waals surface area contributed by atoms with Crippen LogP contribution in [0.4, 0.5) is 11.8 Å². The first-order valence-corrected chi connectivity index (χ1v) is 8.86. The van der Waals surface area contributed by atoms with Crippen molar-refractivity contribution in [2.24, 2.45) is 0 Å². The second-order valence-electron chi connectivity index (χ2n) is 7.01. The lowest BCUT2D eigenvalue weighted by atomic mass is 9.99. The number of aromatic amines is 1. The van der Waals surface area contributed by atoms with Gasteiger partial charge in [-0.15, -0.1) is 0 Å². The molecule has 1 saturated heterocycles. The fourth-order valence-electron chi connectivity index (χ4n) is 3.26. The van der Waals surface area contributed by atoms with E-state index >= 15 is 0 Å². The number of hydrogen-bond donors (Lipinski definition) is 3. The second-order valence-corrected chi connectivity index (χ2v) is 7.01. The van der Waals surface area contributed by atoms with E-state index in [-0.39, 0.29) is 30.3 Å². The van der Waals surface area contributed by atoms with E-state index in [2.05, 4.69) is 41.8 Å². The van der Waals surface area contributed by atoms with Crippen LogP contribution in [0.25, 0.3) is 10.9 Å². The normalized spacial score (nSPS) is 19.4. The van der Waals surface area contributed by atoms with E-state index in [0.717, 1.165) is 27.7 Å². The Hall–Kier alpha value is -2.84. The van der Waals surface area contributed by atoms with Gasteiger partial charge in [-0.1, -0.05) is 13.8 Å². The first-order valence-electron chi connectivity index (χ1n) is 8.86. The molecule has 0 radical (unpaired) electrons. The molecule has 27 heavy (non-hydrogen) atoms. The van der Waals surface area contributed by atoms with E-state index in [0.29, 0.717) is 11.5 Å². The molecule has 8 heteroatoms. The maximum absolute atomic E-state index is 6.04. The lowest BCUT2D eigenvalue weighted by Crippen LogP contribution is -2.32. The largest absolute Gasteiger partial charge is 0.451 e. The van der Waals surface area contributed by atoms with Crippen LogP contribution in [0.15, 0.2) is 18.3 Å². The number of ether oxygens (including phenoxy) is 3. The van der Waals surface area contributed by atoms with Crippen molar-refractivity contribution in [2.75, 3.05) is 11.5 Å². The minimum atomic E-state index is -0.361. The molecule has 1 fully saturated rings. The average molecular weight is 369 g/mol. The molecule has 0 unspecified atom stereocenters. The van der Waals surface area contributed by atoms with Gasteiger partial charge in [-0.05, 0) is 37.0 Å². The number of anilines is 2. The lowest BCUT2D eigenvalue weighted by Gasteiger charge is -2.33. The average Bonchev–Trinajstić information content (AvgIpc) is 2.89. The number of rotatable bonds is 4. The van der Waals surface area contributed by atoms with Gasteiger partial charge in [0, 0.05) is 17.0 Å². The van der Waals surface area contributed by atoms with Gasteiger partial charge < -0.3 is 30.7 Å². The van der Waals surface area contributed by atoms with Crippen LogP contribution in [0.1, 0.15) is 49.8 Å². The molecule has 1 aromatic carbocycles. The Morgan fingerprint density at radius 1 is 1.19 bits per heavy atom. The molecule has 0 saturated carbocycles. The SMILES string of the molecule is Cc1c(C2OC(C)O2)[nH]c2cc(Oc3cnc(N)nc3N)c(C(C)C)cc12. The molecule has 0 bridgehead atoms. The second kappa shape index (κ2) is 6.40. The third-order valence-electron chi connectivity index (χ3n) is 4.74. The fraction of sp³-hybridized carbons (Fsp3) is 0.368. The molecular weight excluding hydrogens is 346 g/mol. The molecule has 3 aromatic rings. The Morgan fingerprint density at radius 3 is 2.56 bits per heavy atom. The molecule has 0 spiro atoms. The highest BCUT2D eigenvalue weighted by Crippen LogP contribution is 2.40. The smallest absolute Gasteiger partial charge is 0.222 e. The summed E-state index contributed by atoms with van der Waals surface area (Å²) in [6.45, 7) is 8.15. The highest BCUT2D eigenvalue weighted by Gasteiger charge is 2.32. The summed E-state index contributed by atoms with van der Waals surface area (Å²) in [5.74, 6) is 1.61. The summed E-state index contributed by atoms with van der Waals surface area (Å²) in [5.41, 5.74) is 15.5. The summed E-state index contributed by atoms with van der Waals surface area (Å²) in [6.07, 6.45) is 0.939. The zero-order valence-electron chi connectivity index (χ0n) is 15.7. The van der Waals surface area contributed by atoms with E-state index in [1.807, 2.05) is 13.0 Å². The molecule has 0 amide bonds. The number of nitrogens with one attached hydrogen (secondary N) is 1. The molecule has 5 N–H and O–H groups in total. The Balaban J connectivity index is 1.78. The predicted molar refractivity (Wildman–Crippen MR) is 102 cm³/mol.